The third-order valence-electron chi connectivity index (χ3n) is 3.47. The molecule has 0 saturated heterocycles. The average Bonchev–Trinajstić information content (AvgIpc) is 2.82. The van der Waals surface area contributed by atoms with Crippen LogP contribution in [-0.4, -0.2) is 31.9 Å². The van der Waals surface area contributed by atoms with Crippen LogP contribution in [0.15, 0.2) is 28.7 Å². The van der Waals surface area contributed by atoms with Crippen molar-refractivity contribution in [3.05, 3.63) is 35.6 Å². The molecule has 0 bridgehead atoms. The first kappa shape index (κ1) is 15.0. The molecule has 1 aromatic heterocycles. The second-order valence-corrected chi connectivity index (χ2v) is 5.42. The zero-order valence-electron chi connectivity index (χ0n) is 12.4. The number of hydrogen-bond donors (Lipinski definition) is 2. The van der Waals surface area contributed by atoms with E-state index >= 15 is 0 Å². The number of methoxy groups -OCH3 is 1. The standard InChI is InChI=1S/C16H23NO3/c1-12-4-5-14-13(10-12)11-15(20-14)16(2,18)6-7-17-8-9-19-3/h4-5,10-11,17-18H,6-9H2,1-3H3. The lowest BCUT2D eigenvalue weighted by Gasteiger charge is -2.20. The normalized spacial score (nSPS) is 14.6. The summed E-state index contributed by atoms with van der Waals surface area (Å²) in [5.74, 6) is 0.617. The number of nitrogens with one attached hydrogen (secondary N) is 1. The lowest BCUT2D eigenvalue weighted by atomic mass is 9.99. The van der Waals surface area contributed by atoms with Crippen LogP contribution >= 0.6 is 0 Å². The number of benzene rings is 1. The maximum Gasteiger partial charge on any atom is 0.136 e. The number of hydrogen-bond acceptors (Lipinski definition) is 4. The first-order valence-electron chi connectivity index (χ1n) is 6.95. The van der Waals surface area contributed by atoms with E-state index in [1.54, 1.807) is 14.0 Å². The van der Waals surface area contributed by atoms with E-state index in [-0.39, 0.29) is 0 Å². The van der Waals surface area contributed by atoms with Gasteiger partial charge in [-0.05, 0) is 45.0 Å². The van der Waals surface area contributed by atoms with E-state index in [1.807, 2.05) is 25.1 Å². The highest BCUT2D eigenvalue weighted by Crippen LogP contribution is 2.30. The van der Waals surface area contributed by atoms with Crippen molar-refractivity contribution in [2.75, 3.05) is 26.8 Å². The minimum atomic E-state index is -0.965. The number of fused-ring (bicyclic) bond motifs is 1. The third-order valence-corrected chi connectivity index (χ3v) is 3.47. The molecule has 0 aliphatic rings. The number of rotatable bonds is 7. The second-order valence-electron chi connectivity index (χ2n) is 5.42. The lowest BCUT2D eigenvalue weighted by Crippen LogP contribution is -2.29. The van der Waals surface area contributed by atoms with Crippen molar-refractivity contribution in [3.8, 4) is 0 Å². The van der Waals surface area contributed by atoms with Crippen LogP contribution in [0.2, 0.25) is 0 Å². The molecule has 2 rings (SSSR count). The molecule has 0 saturated carbocycles. The maximum atomic E-state index is 10.5. The zero-order valence-corrected chi connectivity index (χ0v) is 12.4. The van der Waals surface area contributed by atoms with Crippen LogP contribution in [0.1, 0.15) is 24.7 Å². The summed E-state index contributed by atoms with van der Waals surface area (Å²) in [5, 5.41) is 14.8. The molecule has 0 amide bonds. The van der Waals surface area contributed by atoms with E-state index in [0.717, 1.165) is 17.5 Å². The summed E-state index contributed by atoms with van der Waals surface area (Å²) < 4.78 is 10.7. The van der Waals surface area contributed by atoms with E-state index in [1.165, 1.54) is 5.56 Å². The van der Waals surface area contributed by atoms with Crippen molar-refractivity contribution in [2.24, 2.45) is 0 Å². The minimum absolute atomic E-state index is 0.593. The molecular weight excluding hydrogens is 254 g/mol. The van der Waals surface area contributed by atoms with Crippen molar-refractivity contribution in [2.45, 2.75) is 25.9 Å². The van der Waals surface area contributed by atoms with Gasteiger partial charge >= 0.3 is 0 Å². The molecule has 2 N–H and O–H groups in total. The molecular formula is C16H23NO3. The van der Waals surface area contributed by atoms with E-state index in [0.29, 0.717) is 25.3 Å². The van der Waals surface area contributed by atoms with Crippen LogP contribution in [0, 0.1) is 6.92 Å². The largest absolute Gasteiger partial charge is 0.458 e. The van der Waals surface area contributed by atoms with Gasteiger partial charge in [0.1, 0.15) is 16.9 Å². The average molecular weight is 277 g/mol. The predicted octanol–water partition coefficient (Wildman–Crippen LogP) is 2.57. The van der Waals surface area contributed by atoms with Gasteiger partial charge in [0.15, 0.2) is 0 Å². The quantitative estimate of drug-likeness (QED) is 0.764. The number of ether oxygens (including phenoxy) is 1. The van der Waals surface area contributed by atoms with Crippen LogP contribution in [0.5, 0.6) is 0 Å². The van der Waals surface area contributed by atoms with Crippen LogP contribution in [-0.2, 0) is 10.3 Å². The molecule has 1 atom stereocenters. The Labute approximate surface area is 119 Å². The van der Waals surface area contributed by atoms with Crippen LogP contribution < -0.4 is 5.32 Å². The van der Waals surface area contributed by atoms with E-state index < -0.39 is 5.60 Å². The first-order chi connectivity index (χ1) is 9.53. The van der Waals surface area contributed by atoms with Gasteiger partial charge < -0.3 is 19.6 Å². The fourth-order valence-electron chi connectivity index (χ4n) is 2.18. The van der Waals surface area contributed by atoms with Crippen molar-refractivity contribution in [1.82, 2.24) is 5.32 Å². The highest BCUT2D eigenvalue weighted by Gasteiger charge is 2.26. The summed E-state index contributed by atoms with van der Waals surface area (Å²) >= 11 is 0. The topological polar surface area (TPSA) is 54.6 Å². The van der Waals surface area contributed by atoms with Gasteiger partial charge in [-0.25, -0.2) is 0 Å². The maximum absolute atomic E-state index is 10.5. The third kappa shape index (κ3) is 3.60. The van der Waals surface area contributed by atoms with Gasteiger partial charge in [0.25, 0.3) is 0 Å². The van der Waals surface area contributed by atoms with Crippen molar-refractivity contribution in [3.63, 3.8) is 0 Å². The van der Waals surface area contributed by atoms with Gasteiger partial charge in [-0.15, -0.1) is 0 Å². The number of aliphatic hydroxyl groups is 1. The number of aryl methyl sites for hydroxylation is 1. The smallest absolute Gasteiger partial charge is 0.136 e. The predicted molar refractivity (Wildman–Crippen MR) is 79.9 cm³/mol. The van der Waals surface area contributed by atoms with E-state index in [4.69, 9.17) is 9.15 Å². The summed E-state index contributed by atoms with van der Waals surface area (Å²) in [6.07, 6.45) is 0.593. The number of furan rings is 1. The fraction of sp³-hybridized carbons (Fsp3) is 0.500. The molecule has 4 nitrogen and oxygen atoms in total. The van der Waals surface area contributed by atoms with Crippen molar-refractivity contribution in [1.29, 1.82) is 0 Å². The van der Waals surface area contributed by atoms with E-state index in [9.17, 15) is 5.11 Å². The Kier molecular flexibility index (Phi) is 4.81. The molecule has 1 unspecified atom stereocenters. The molecule has 0 radical (unpaired) electrons. The van der Waals surface area contributed by atoms with Gasteiger partial charge in [-0.2, -0.15) is 0 Å². The molecule has 0 spiro atoms. The molecule has 2 aromatic rings. The monoisotopic (exact) mass is 277 g/mol. The Balaban J connectivity index is 2.03. The highest BCUT2D eigenvalue weighted by molar-refractivity contribution is 5.78. The summed E-state index contributed by atoms with van der Waals surface area (Å²) in [4.78, 5) is 0. The van der Waals surface area contributed by atoms with Crippen molar-refractivity contribution < 1.29 is 14.3 Å². The first-order valence-corrected chi connectivity index (χ1v) is 6.95. The van der Waals surface area contributed by atoms with Gasteiger partial charge in [0, 0.05) is 19.0 Å². The lowest BCUT2D eigenvalue weighted by molar-refractivity contribution is 0.0268. The van der Waals surface area contributed by atoms with Gasteiger partial charge in [-0.1, -0.05) is 11.6 Å². The Hall–Kier alpha value is -1.36. The Morgan fingerprint density at radius 2 is 2.10 bits per heavy atom. The zero-order chi connectivity index (χ0) is 14.6. The van der Waals surface area contributed by atoms with Crippen LogP contribution in [0.4, 0.5) is 0 Å². The van der Waals surface area contributed by atoms with Gasteiger partial charge in [-0.3, -0.25) is 0 Å². The van der Waals surface area contributed by atoms with Crippen LogP contribution in [0.25, 0.3) is 11.0 Å². The summed E-state index contributed by atoms with van der Waals surface area (Å²) in [5.41, 5.74) is 1.04. The van der Waals surface area contributed by atoms with Gasteiger partial charge in [0.05, 0.1) is 6.61 Å². The summed E-state index contributed by atoms with van der Waals surface area (Å²) in [6.45, 7) is 6.00. The fourth-order valence-corrected chi connectivity index (χ4v) is 2.18. The van der Waals surface area contributed by atoms with Gasteiger partial charge in [0.2, 0.25) is 0 Å². The molecule has 0 aliphatic carbocycles. The molecule has 4 heteroatoms. The highest BCUT2D eigenvalue weighted by atomic mass is 16.5. The molecule has 110 valence electrons. The molecule has 1 heterocycles. The summed E-state index contributed by atoms with van der Waals surface area (Å²) in [7, 11) is 1.67. The molecule has 1 aromatic carbocycles. The Morgan fingerprint density at radius 3 is 2.85 bits per heavy atom. The Morgan fingerprint density at radius 1 is 1.30 bits per heavy atom. The summed E-state index contributed by atoms with van der Waals surface area (Å²) in [6, 6.07) is 7.95. The molecule has 0 aliphatic heterocycles. The van der Waals surface area contributed by atoms with Crippen LogP contribution in [0.3, 0.4) is 0 Å². The minimum Gasteiger partial charge on any atom is -0.458 e. The molecule has 20 heavy (non-hydrogen) atoms. The SMILES string of the molecule is COCCNCCC(C)(O)c1cc2cc(C)ccc2o1. The molecule has 0 fully saturated rings. The van der Waals surface area contributed by atoms with E-state index in [2.05, 4.69) is 11.4 Å². The van der Waals surface area contributed by atoms with Crippen molar-refractivity contribution >= 4 is 11.0 Å². The Bertz CT molecular complexity index is 560. The second kappa shape index (κ2) is 6.39.